The standard InChI is InChI=1S/C18H22N4O3S/c1-13-8-16(23)21-18(20-13)26-12-17(24)22-7-3-5-15(10-22)25-11-14-4-2-6-19-9-14/h2,4,6,8-9,15H,3,5,7,10-12H2,1H3,(H,20,21,23)/t15-/m0/s1. The number of ether oxygens (including phenoxy) is 1. The van der Waals surface area contributed by atoms with E-state index in [-0.39, 0.29) is 23.3 Å². The molecule has 26 heavy (non-hydrogen) atoms. The number of amides is 1. The monoisotopic (exact) mass is 374 g/mol. The molecule has 2 aromatic heterocycles. The molecule has 1 saturated heterocycles. The molecule has 7 nitrogen and oxygen atoms in total. The SMILES string of the molecule is Cc1cc(=O)[nH]c(SCC(=O)N2CCC[C@H](OCc3cccnc3)C2)n1. The van der Waals surface area contributed by atoms with E-state index in [4.69, 9.17) is 4.74 Å². The fraction of sp³-hybridized carbons (Fsp3) is 0.444. The summed E-state index contributed by atoms with van der Waals surface area (Å²) in [7, 11) is 0. The summed E-state index contributed by atoms with van der Waals surface area (Å²) >= 11 is 1.26. The van der Waals surface area contributed by atoms with Crippen LogP contribution < -0.4 is 5.56 Å². The summed E-state index contributed by atoms with van der Waals surface area (Å²) in [5, 5.41) is 0.477. The lowest BCUT2D eigenvalue weighted by molar-refractivity contribution is -0.132. The Morgan fingerprint density at radius 1 is 1.50 bits per heavy atom. The Balaban J connectivity index is 1.48. The van der Waals surface area contributed by atoms with Gasteiger partial charge in [0.2, 0.25) is 5.91 Å². The molecule has 8 heteroatoms. The minimum Gasteiger partial charge on any atom is -0.372 e. The first-order chi connectivity index (χ1) is 12.6. The van der Waals surface area contributed by atoms with E-state index in [0.717, 1.165) is 24.9 Å². The van der Waals surface area contributed by atoms with E-state index in [0.29, 0.717) is 24.0 Å². The number of thioether (sulfide) groups is 1. The van der Waals surface area contributed by atoms with Crippen molar-refractivity contribution in [3.8, 4) is 0 Å². The lowest BCUT2D eigenvalue weighted by Gasteiger charge is -2.32. The summed E-state index contributed by atoms with van der Waals surface area (Å²) in [5.74, 6) is 0.288. The van der Waals surface area contributed by atoms with Gasteiger partial charge in [-0.25, -0.2) is 4.98 Å². The van der Waals surface area contributed by atoms with Gasteiger partial charge in [-0.05, 0) is 31.4 Å². The van der Waals surface area contributed by atoms with Crippen LogP contribution in [0, 0.1) is 6.92 Å². The lowest BCUT2D eigenvalue weighted by atomic mass is 10.1. The number of likely N-dealkylation sites (tertiary alicyclic amines) is 1. The molecule has 0 unspecified atom stereocenters. The number of rotatable bonds is 6. The second kappa shape index (κ2) is 8.95. The van der Waals surface area contributed by atoms with Crippen LogP contribution in [0.4, 0.5) is 0 Å². The van der Waals surface area contributed by atoms with Crippen molar-refractivity contribution in [3.63, 3.8) is 0 Å². The number of H-pyrrole nitrogens is 1. The zero-order chi connectivity index (χ0) is 18.4. The van der Waals surface area contributed by atoms with E-state index in [1.807, 2.05) is 17.0 Å². The van der Waals surface area contributed by atoms with Gasteiger partial charge in [-0.1, -0.05) is 17.8 Å². The molecule has 0 spiro atoms. The maximum atomic E-state index is 12.5. The number of nitrogens with zero attached hydrogens (tertiary/aromatic N) is 3. The maximum Gasteiger partial charge on any atom is 0.251 e. The van der Waals surface area contributed by atoms with E-state index in [2.05, 4.69) is 15.0 Å². The molecule has 2 aromatic rings. The van der Waals surface area contributed by atoms with Crippen LogP contribution in [0.3, 0.4) is 0 Å². The number of carbonyl (C=O) groups is 1. The third-order valence-corrected chi connectivity index (χ3v) is 4.98. The molecule has 3 heterocycles. The van der Waals surface area contributed by atoms with Crippen molar-refractivity contribution in [1.29, 1.82) is 0 Å². The second-order valence-electron chi connectivity index (χ2n) is 6.26. The van der Waals surface area contributed by atoms with Gasteiger partial charge in [0, 0.05) is 37.2 Å². The predicted octanol–water partition coefficient (Wildman–Crippen LogP) is 1.77. The first-order valence-electron chi connectivity index (χ1n) is 8.59. The highest BCUT2D eigenvalue weighted by Gasteiger charge is 2.24. The zero-order valence-corrected chi connectivity index (χ0v) is 15.5. The van der Waals surface area contributed by atoms with E-state index in [9.17, 15) is 9.59 Å². The average Bonchev–Trinajstić information content (AvgIpc) is 2.65. The van der Waals surface area contributed by atoms with Crippen molar-refractivity contribution in [3.05, 3.63) is 52.2 Å². The molecule has 1 atom stereocenters. The van der Waals surface area contributed by atoms with Crippen molar-refractivity contribution in [2.24, 2.45) is 0 Å². The molecule has 0 radical (unpaired) electrons. The van der Waals surface area contributed by atoms with Gasteiger partial charge in [0.05, 0.1) is 18.5 Å². The zero-order valence-electron chi connectivity index (χ0n) is 14.7. The minimum atomic E-state index is -0.200. The van der Waals surface area contributed by atoms with Crippen LogP contribution in [0.2, 0.25) is 0 Å². The summed E-state index contributed by atoms with van der Waals surface area (Å²) in [6, 6.07) is 5.29. The van der Waals surface area contributed by atoms with Gasteiger partial charge in [-0.15, -0.1) is 0 Å². The Morgan fingerprint density at radius 3 is 3.15 bits per heavy atom. The molecule has 1 aliphatic rings. The van der Waals surface area contributed by atoms with Crippen molar-refractivity contribution in [2.75, 3.05) is 18.8 Å². The fourth-order valence-electron chi connectivity index (χ4n) is 2.84. The highest BCUT2D eigenvalue weighted by Crippen LogP contribution is 2.18. The normalized spacial score (nSPS) is 17.3. The number of piperidine rings is 1. The highest BCUT2D eigenvalue weighted by molar-refractivity contribution is 7.99. The largest absolute Gasteiger partial charge is 0.372 e. The molecular formula is C18H22N4O3S. The van der Waals surface area contributed by atoms with E-state index < -0.39 is 0 Å². The molecule has 1 amide bonds. The van der Waals surface area contributed by atoms with Crippen LogP contribution in [0.1, 0.15) is 24.1 Å². The summed E-state index contributed by atoms with van der Waals surface area (Å²) in [6.45, 7) is 3.60. The lowest BCUT2D eigenvalue weighted by Crippen LogP contribution is -2.44. The van der Waals surface area contributed by atoms with Crippen LogP contribution in [-0.2, 0) is 16.1 Å². The van der Waals surface area contributed by atoms with E-state index >= 15 is 0 Å². The summed E-state index contributed by atoms with van der Waals surface area (Å²) in [4.78, 5) is 36.7. The molecule has 1 N–H and O–H groups in total. The second-order valence-corrected chi connectivity index (χ2v) is 7.22. The number of aromatic amines is 1. The van der Waals surface area contributed by atoms with Crippen molar-refractivity contribution in [1.82, 2.24) is 19.9 Å². The number of aromatic nitrogens is 3. The summed E-state index contributed by atoms with van der Waals surface area (Å²) in [5.41, 5.74) is 1.47. The quantitative estimate of drug-likeness (QED) is 0.612. The third-order valence-electron chi connectivity index (χ3n) is 4.12. The first-order valence-corrected chi connectivity index (χ1v) is 9.58. The Kier molecular flexibility index (Phi) is 6.40. The van der Waals surface area contributed by atoms with E-state index in [1.54, 1.807) is 19.3 Å². The third kappa shape index (κ3) is 5.40. The molecule has 0 bridgehead atoms. The van der Waals surface area contributed by atoms with Crippen LogP contribution in [-0.4, -0.2) is 50.7 Å². The molecule has 0 saturated carbocycles. The maximum absolute atomic E-state index is 12.5. The van der Waals surface area contributed by atoms with Gasteiger partial charge in [0.25, 0.3) is 5.56 Å². The number of aryl methyl sites for hydroxylation is 1. The molecule has 3 rings (SSSR count). The smallest absolute Gasteiger partial charge is 0.251 e. The average molecular weight is 374 g/mol. The van der Waals surface area contributed by atoms with Gasteiger partial charge in [0.1, 0.15) is 0 Å². The summed E-state index contributed by atoms with van der Waals surface area (Å²) in [6.07, 6.45) is 5.43. The number of hydrogen-bond acceptors (Lipinski definition) is 6. The Morgan fingerprint density at radius 2 is 2.38 bits per heavy atom. The fourth-order valence-corrected chi connectivity index (χ4v) is 3.66. The Bertz CT molecular complexity index is 797. The predicted molar refractivity (Wildman–Crippen MR) is 98.9 cm³/mol. The Labute approximate surface area is 156 Å². The van der Waals surface area contributed by atoms with Crippen LogP contribution in [0.5, 0.6) is 0 Å². The Hall–Kier alpha value is -2.19. The topological polar surface area (TPSA) is 88.2 Å². The van der Waals surface area contributed by atoms with E-state index in [1.165, 1.54) is 17.8 Å². The van der Waals surface area contributed by atoms with Gasteiger partial charge in [0.15, 0.2) is 5.16 Å². The molecule has 1 fully saturated rings. The first kappa shape index (κ1) is 18.6. The number of hydrogen-bond donors (Lipinski definition) is 1. The van der Waals surface area contributed by atoms with Gasteiger partial charge >= 0.3 is 0 Å². The summed E-state index contributed by atoms with van der Waals surface area (Å²) < 4.78 is 5.94. The van der Waals surface area contributed by atoms with Gasteiger partial charge < -0.3 is 14.6 Å². The van der Waals surface area contributed by atoms with Crippen molar-refractivity contribution >= 4 is 17.7 Å². The highest BCUT2D eigenvalue weighted by atomic mass is 32.2. The molecule has 0 aliphatic carbocycles. The minimum absolute atomic E-state index is 0.0360. The van der Waals surface area contributed by atoms with Crippen molar-refractivity contribution in [2.45, 2.75) is 37.6 Å². The van der Waals surface area contributed by atoms with Crippen LogP contribution >= 0.6 is 11.8 Å². The van der Waals surface area contributed by atoms with Crippen molar-refractivity contribution < 1.29 is 9.53 Å². The molecule has 138 valence electrons. The van der Waals surface area contributed by atoms with Gasteiger partial charge in [-0.2, -0.15) is 0 Å². The van der Waals surface area contributed by atoms with Crippen LogP contribution in [0.25, 0.3) is 0 Å². The number of carbonyl (C=O) groups excluding carboxylic acids is 1. The molecular weight excluding hydrogens is 352 g/mol. The number of pyridine rings is 1. The van der Waals surface area contributed by atoms with Crippen LogP contribution in [0.15, 0.2) is 40.5 Å². The molecule has 1 aliphatic heterocycles. The molecule has 0 aromatic carbocycles. The number of nitrogens with one attached hydrogen (secondary N) is 1. The van der Waals surface area contributed by atoms with Gasteiger partial charge in [-0.3, -0.25) is 14.6 Å².